The van der Waals surface area contributed by atoms with Crippen LogP contribution in [0.25, 0.3) is 0 Å². The van der Waals surface area contributed by atoms with Crippen molar-refractivity contribution in [1.29, 1.82) is 0 Å². The first kappa shape index (κ1) is 24.2. The molecule has 0 aliphatic carbocycles. The van der Waals surface area contributed by atoms with Gasteiger partial charge < -0.3 is 20.1 Å². The fourth-order valence-corrected chi connectivity index (χ4v) is 2.46. The van der Waals surface area contributed by atoms with Gasteiger partial charge in [0.05, 0.1) is 13.2 Å². The van der Waals surface area contributed by atoms with Crippen LogP contribution in [0.3, 0.4) is 0 Å². The number of guanidine groups is 1. The minimum atomic E-state index is -0.206. The number of ether oxygens (including phenoxy) is 2. The number of nitrogens with zero attached hydrogens (tertiary/aromatic N) is 1. The van der Waals surface area contributed by atoms with Crippen molar-refractivity contribution in [3.8, 4) is 5.75 Å². The Bertz CT molecular complexity index is 711. The minimum Gasteiger partial charge on any atom is -0.491 e. The lowest BCUT2D eigenvalue weighted by Crippen LogP contribution is -2.38. The molecule has 5 nitrogen and oxygen atoms in total. The molecule has 0 heterocycles. The predicted octanol–water partition coefficient (Wildman–Crippen LogP) is 3.77. The maximum Gasteiger partial charge on any atom is 0.191 e. The van der Waals surface area contributed by atoms with Gasteiger partial charge in [0, 0.05) is 20.2 Å². The molecule has 0 bridgehead atoms. The van der Waals surface area contributed by atoms with Crippen molar-refractivity contribution in [2.24, 2.45) is 4.99 Å². The van der Waals surface area contributed by atoms with E-state index in [-0.39, 0.29) is 29.8 Å². The van der Waals surface area contributed by atoms with Crippen LogP contribution in [0.15, 0.2) is 53.5 Å². The molecule has 2 aromatic carbocycles. The van der Waals surface area contributed by atoms with E-state index in [9.17, 15) is 4.39 Å². The van der Waals surface area contributed by atoms with Gasteiger partial charge in [0.15, 0.2) is 5.96 Å². The zero-order valence-corrected chi connectivity index (χ0v) is 18.7. The molecule has 2 aromatic rings. The second-order valence-electron chi connectivity index (χ2n) is 5.99. The highest BCUT2D eigenvalue weighted by molar-refractivity contribution is 14.0. The maximum absolute atomic E-state index is 13.2. The van der Waals surface area contributed by atoms with Gasteiger partial charge in [0.25, 0.3) is 0 Å². The monoisotopic (exact) mass is 501 g/mol. The quantitative estimate of drug-likeness (QED) is 0.225. The first-order chi connectivity index (χ1) is 13.2. The van der Waals surface area contributed by atoms with Gasteiger partial charge in [-0.05, 0) is 48.7 Å². The average molecular weight is 501 g/mol. The SMILES string of the molecule is CCNC(=NCc1ccc(OCCOC)cc1)NCCc1cccc(F)c1.I. The average Bonchev–Trinajstić information content (AvgIpc) is 2.67. The van der Waals surface area contributed by atoms with E-state index in [4.69, 9.17) is 9.47 Å². The topological polar surface area (TPSA) is 54.9 Å². The molecule has 0 aliphatic heterocycles. The molecule has 0 radical (unpaired) electrons. The zero-order valence-electron chi connectivity index (χ0n) is 16.4. The van der Waals surface area contributed by atoms with E-state index in [0.717, 1.165) is 35.8 Å². The molecule has 0 saturated heterocycles. The molecule has 0 atom stereocenters. The van der Waals surface area contributed by atoms with Gasteiger partial charge in [-0.25, -0.2) is 9.38 Å². The van der Waals surface area contributed by atoms with Crippen LogP contribution in [-0.2, 0) is 17.7 Å². The van der Waals surface area contributed by atoms with Crippen LogP contribution in [-0.4, -0.2) is 39.4 Å². The largest absolute Gasteiger partial charge is 0.491 e. The highest BCUT2D eigenvalue weighted by Crippen LogP contribution is 2.12. The molecule has 0 spiro atoms. The Balaban J connectivity index is 0.00000392. The molecule has 7 heteroatoms. The van der Waals surface area contributed by atoms with Crippen molar-refractivity contribution in [2.45, 2.75) is 19.9 Å². The number of halogens is 2. The molecule has 0 fully saturated rings. The summed E-state index contributed by atoms with van der Waals surface area (Å²) in [6, 6.07) is 14.5. The smallest absolute Gasteiger partial charge is 0.191 e. The number of nitrogens with one attached hydrogen (secondary N) is 2. The molecule has 0 saturated carbocycles. The van der Waals surface area contributed by atoms with E-state index in [0.29, 0.717) is 26.3 Å². The van der Waals surface area contributed by atoms with Gasteiger partial charge in [-0.2, -0.15) is 0 Å². The van der Waals surface area contributed by atoms with E-state index in [1.54, 1.807) is 19.2 Å². The number of benzene rings is 2. The lowest BCUT2D eigenvalue weighted by atomic mass is 10.1. The van der Waals surface area contributed by atoms with E-state index in [1.165, 1.54) is 6.07 Å². The molecule has 2 N–H and O–H groups in total. The van der Waals surface area contributed by atoms with Crippen LogP contribution in [0.5, 0.6) is 5.75 Å². The normalized spacial score (nSPS) is 10.9. The van der Waals surface area contributed by atoms with Crippen molar-refractivity contribution in [3.05, 3.63) is 65.5 Å². The highest BCUT2D eigenvalue weighted by atomic mass is 127. The van der Waals surface area contributed by atoms with Crippen LogP contribution in [0.1, 0.15) is 18.1 Å². The molecule has 0 amide bonds. The van der Waals surface area contributed by atoms with Gasteiger partial charge >= 0.3 is 0 Å². The van der Waals surface area contributed by atoms with E-state index in [2.05, 4.69) is 15.6 Å². The Morgan fingerprint density at radius 2 is 1.82 bits per heavy atom. The molecular formula is C21H29FIN3O2. The van der Waals surface area contributed by atoms with Crippen LogP contribution in [0.2, 0.25) is 0 Å². The van der Waals surface area contributed by atoms with Crippen molar-refractivity contribution in [1.82, 2.24) is 10.6 Å². The molecule has 0 aromatic heterocycles. The van der Waals surface area contributed by atoms with Gasteiger partial charge in [0.1, 0.15) is 18.2 Å². The minimum absolute atomic E-state index is 0. The Kier molecular flexibility index (Phi) is 12.2. The van der Waals surface area contributed by atoms with Crippen molar-refractivity contribution < 1.29 is 13.9 Å². The highest BCUT2D eigenvalue weighted by Gasteiger charge is 2.00. The predicted molar refractivity (Wildman–Crippen MR) is 122 cm³/mol. The summed E-state index contributed by atoms with van der Waals surface area (Å²) in [6.07, 6.45) is 0.732. The molecule has 0 unspecified atom stereocenters. The third-order valence-corrected chi connectivity index (χ3v) is 3.84. The maximum atomic E-state index is 13.2. The van der Waals surface area contributed by atoms with Gasteiger partial charge in [-0.3, -0.25) is 0 Å². The van der Waals surface area contributed by atoms with Crippen LogP contribution in [0, 0.1) is 5.82 Å². The standard InChI is InChI=1S/C21H28FN3O2.HI/c1-3-23-21(24-12-11-17-5-4-6-19(22)15-17)25-16-18-7-9-20(10-8-18)27-14-13-26-2;/h4-10,15H,3,11-14,16H2,1-2H3,(H2,23,24,25);1H. The molecule has 154 valence electrons. The van der Waals surface area contributed by atoms with Crippen molar-refractivity contribution >= 4 is 29.9 Å². The third-order valence-electron chi connectivity index (χ3n) is 3.84. The zero-order chi connectivity index (χ0) is 19.3. The molecule has 28 heavy (non-hydrogen) atoms. The summed E-state index contributed by atoms with van der Waals surface area (Å²) < 4.78 is 23.7. The molecule has 2 rings (SSSR count). The summed E-state index contributed by atoms with van der Waals surface area (Å²) in [7, 11) is 1.65. The molecular weight excluding hydrogens is 472 g/mol. The summed E-state index contributed by atoms with van der Waals surface area (Å²) in [5, 5.41) is 6.50. The number of methoxy groups -OCH3 is 1. The number of hydrogen-bond acceptors (Lipinski definition) is 3. The number of aliphatic imine (C=N–C) groups is 1. The first-order valence-electron chi connectivity index (χ1n) is 9.18. The number of hydrogen-bond donors (Lipinski definition) is 2. The van der Waals surface area contributed by atoms with Gasteiger partial charge in [0.2, 0.25) is 0 Å². The Hall–Kier alpha value is -1.87. The lowest BCUT2D eigenvalue weighted by molar-refractivity contribution is 0.146. The van der Waals surface area contributed by atoms with Crippen LogP contribution < -0.4 is 15.4 Å². The van der Waals surface area contributed by atoms with Gasteiger partial charge in [-0.1, -0.05) is 24.3 Å². The molecule has 0 aliphatic rings. The second kappa shape index (κ2) is 14.2. The summed E-state index contributed by atoms with van der Waals surface area (Å²) in [4.78, 5) is 4.60. The summed E-state index contributed by atoms with van der Waals surface area (Å²) in [6.45, 7) is 5.15. The van der Waals surface area contributed by atoms with Crippen molar-refractivity contribution in [2.75, 3.05) is 33.4 Å². The summed E-state index contributed by atoms with van der Waals surface area (Å²) in [5.41, 5.74) is 2.05. The van der Waals surface area contributed by atoms with E-state index >= 15 is 0 Å². The van der Waals surface area contributed by atoms with Gasteiger partial charge in [-0.15, -0.1) is 24.0 Å². The van der Waals surface area contributed by atoms with E-state index < -0.39 is 0 Å². The van der Waals surface area contributed by atoms with E-state index in [1.807, 2.05) is 37.3 Å². The van der Waals surface area contributed by atoms with Crippen LogP contribution in [0.4, 0.5) is 4.39 Å². The first-order valence-corrected chi connectivity index (χ1v) is 9.18. The van der Waals surface area contributed by atoms with Crippen molar-refractivity contribution in [3.63, 3.8) is 0 Å². The lowest BCUT2D eigenvalue weighted by Gasteiger charge is -2.11. The fraction of sp³-hybridized carbons (Fsp3) is 0.381. The Labute approximate surface area is 183 Å². The Morgan fingerprint density at radius 3 is 2.50 bits per heavy atom. The second-order valence-corrected chi connectivity index (χ2v) is 5.99. The summed E-state index contributed by atoms with van der Waals surface area (Å²) >= 11 is 0. The van der Waals surface area contributed by atoms with Crippen LogP contribution >= 0.6 is 24.0 Å². The third kappa shape index (κ3) is 9.36. The fourth-order valence-electron chi connectivity index (χ4n) is 2.46. The number of rotatable bonds is 10. The summed E-state index contributed by atoms with van der Waals surface area (Å²) in [5.74, 6) is 1.36. The Morgan fingerprint density at radius 1 is 1.04 bits per heavy atom.